The van der Waals surface area contributed by atoms with Crippen LogP contribution in [-0.4, -0.2) is 11.0 Å². The normalized spacial score (nSPS) is 10.9. The van der Waals surface area contributed by atoms with Crippen molar-refractivity contribution in [1.82, 2.24) is 10.9 Å². The maximum absolute atomic E-state index is 13.0. The molecule has 0 aromatic heterocycles. The molecule has 3 aromatic rings. The zero-order valence-corrected chi connectivity index (χ0v) is 15.3. The molecule has 0 heterocycles. The van der Waals surface area contributed by atoms with Gasteiger partial charge in [-0.25, -0.2) is 0 Å². The number of hydrazine groups is 1. The van der Waals surface area contributed by atoms with Crippen LogP contribution in [0.5, 0.6) is 0 Å². The second-order valence-electron chi connectivity index (χ2n) is 6.01. The number of amides is 1. The number of rotatable bonds is 6. The molecule has 0 unspecified atom stereocenters. The van der Waals surface area contributed by atoms with E-state index in [2.05, 4.69) is 17.4 Å². The van der Waals surface area contributed by atoms with E-state index in [-0.39, 0.29) is 0 Å². The fourth-order valence-electron chi connectivity index (χ4n) is 2.73. The van der Waals surface area contributed by atoms with Gasteiger partial charge >= 0.3 is 0 Å². The molecule has 0 radical (unpaired) electrons. The number of benzene rings is 3. The Bertz CT molecular complexity index is 886. The lowest BCUT2D eigenvalue weighted by Gasteiger charge is -2.28. The van der Waals surface area contributed by atoms with Crippen molar-refractivity contribution < 1.29 is 9.90 Å². The first-order valence-electron chi connectivity index (χ1n) is 8.36. The highest BCUT2D eigenvalue weighted by atomic mass is 35.5. The van der Waals surface area contributed by atoms with Gasteiger partial charge in [-0.15, -0.1) is 0 Å². The van der Waals surface area contributed by atoms with Crippen molar-refractivity contribution in [2.24, 2.45) is 0 Å². The van der Waals surface area contributed by atoms with Crippen LogP contribution in [0.3, 0.4) is 0 Å². The molecular weight excluding hydrogens is 360 g/mol. The van der Waals surface area contributed by atoms with Gasteiger partial charge in [0.2, 0.25) is 0 Å². The van der Waals surface area contributed by atoms with Crippen molar-refractivity contribution in [3.05, 3.63) is 113 Å². The van der Waals surface area contributed by atoms with Crippen LogP contribution in [-0.2, 0) is 10.4 Å². The minimum atomic E-state index is -1.85. The summed E-state index contributed by atoms with van der Waals surface area (Å²) in [6, 6.07) is 24.6. The quantitative estimate of drug-likeness (QED) is 0.571. The summed E-state index contributed by atoms with van der Waals surface area (Å²) < 4.78 is 0. The molecule has 136 valence electrons. The summed E-state index contributed by atoms with van der Waals surface area (Å²) in [6.07, 6.45) is 0. The SMILES string of the molecule is C=C(NNC(=O)C(O)(c1ccccc1)c1ccccc1)c1ccc(Cl)cc1. The minimum absolute atomic E-state index is 0.465. The molecule has 1 amide bonds. The predicted molar refractivity (Wildman–Crippen MR) is 108 cm³/mol. The Labute approximate surface area is 163 Å². The van der Waals surface area contributed by atoms with Gasteiger partial charge in [-0.1, -0.05) is 91.0 Å². The summed E-state index contributed by atoms with van der Waals surface area (Å²) in [5.41, 5.74) is 5.65. The zero-order chi connectivity index (χ0) is 19.3. The van der Waals surface area contributed by atoms with Crippen LogP contribution in [0, 0.1) is 0 Å². The van der Waals surface area contributed by atoms with Gasteiger partial charge in [-0.05, 0) is 28.8 Å². The molecule has 0 atom stereocenters. The molecule has 3 rings (SSSR count). The molecule has 0 fully saturated rings. The van der Waals surface area contributed by atoms with E-state index in [1.54, 1.807) is 72.8 Å². The fraction of sp³-hybridized carbons (Fsp3) is 0.0455. The number of hydrogen-bond acceptors (Lipinski definition) is 3. The Morgan fingerprint density at radius 1 is 0.815 bits per heavy atom. The second kappa shape index (κ2) is 8.08. The van der Waals surface area contributed by atoms with Gasteiger partial charge < -0.3 is 5.11 Å². The van der Waals surface area contributed by atoms with E-state index < -0.39 is 11.5 Å². The van der Waals surface area contributed by atoms with Crippen molar-refractivity contribution in [2.75, 3.05) is 0 Å². The van der Waals surface area contributed by atoms with Crippen LogP contribution < -0.4 is 10.9 Å². The highest BCUT2D eigenvalue weighted by Gasteiger charge is 2.39. The van der Waals surface area contributed by atoms with E-state index >= 15 is 0 Å². The molecule has 5 heteroatoms. The van der Waals surface area contributed by atoms with Gasteiger partial charge in [-0.3, -0.25) is 15.6 Å². The van der Waals surface area contributed by atoms with Crippen molar-refractivity contribution in [3.8, 4) is 0 Å². The van der Waals surface area contributed by atoms with Crippen LogP contribution in [0.4, 0.5) is 0 Å². The summed E-state index contributed by atoms with van der Waals surface area (Å²) >= 11 is 5.89. The number of nitrogens with one attached hydrogen (secondary N) is 2. The van der Waals surface area contributed by atoms with E-state index in [0.29, 0.717) is 21.8 Å². The van der Waals surface area contributed by atoms with Gasteiger partial charge in [0.25, 0.3) is 5.91 Å². The smallest absolute Gasteiger partial charge is 0.279 e. The van der Waals surface area contributed by atoms with Crippen LogP contribution in [0.15, 0.2) is 91.5 Å². The molecule has 27 heavy (non-hydrogen) atoms. The maximum atomic E-state index is 13.0. The molecule has 0 aliphatic heterocycles. The van der Waals surface area contributed by atoms with Gasteiger partial charge in [0.05, 0.1) is 5.70 Å². The molecule has 0 aliphatic carbocycles. The molecule has 0 aliphatic rings. The summed E-state index contributed by atoms with van der Waals surface area (Å²) in [7, 11) is 0. The van der Waals surface area contributed by atoms with E-state index in [9.17, 15) is 9.90 Å². The lowest BCUT2D eigenvalue weighted by atomic mass is 9.85. The van der Waals surface area contributed by atoms with Crippen molar-refractivity contribution >= 4 is 23.2 Å². The van der Waals surface area contributed by atoms with Gasteiger partial charge in [0.1, 0.15) is 0 Å². The summed E-state index contributed by atoms with van der Waals surface area (Å²) in [5.74, 6) is -0.616. The number of carbonyl (C=O) groups excluding carboxylic acids is 1. The molecule has 4 nitrogen and oxygen atoms in total. The van der Waals surface area contributed by atoms with Crippen LogP contribution in [0.2, 0.25) is 5.02 Å². The fourth-order valence-corrected chi connectivity index (χ4v) is 2.86. The third-order valence-corrected chi connectivity index (χ3v) is 4.48. The number of carbonyl (C=O) groups is 1. The van der Waals surface area contributed by atoms with Gasteiger partial charge in [0.15, 0.2) is 5.60 Å². The Morgan fingerprint density at radius 3 is 1.78 bits per heavy atom. The molecule has 0 saturated heterocycles. The Kier molecular flexibility index (Phi) is 5.60. The average Bonchev–Trinajstić information content (AvgIpc) is 2.73. The monoisotopic (exact) mass is 378 g/mol. The first-order valence-corrected chi connectivity index (χ1v) is 8.74. The van der Waals surface area contributed by atoms with Crippen molar-refractivity contribution in [3.63, 3.8) is 0 Å². The highest BCUT2D eigenvalue weighted by Crippen LogP contribution is 2.29. The van der Waals surface area contributed by atoms with E-state index in [1.165, 1.54) is 0 Å². The molecule has 0 bridgehead atoms. The predicted octanol–water partition coefficient (Wildman–Crippen LogP) is 3.87. The standard InChI is InChI=1S/C22H19ClN2O2/c1-16(17-12-14-20(23)15-13-17)24-25-21(26)22(27,18-8-4-2-5-9-18)19-10-6-3-7-11-19/h2-15,24,27H,1H2,(H,25,26). The van der Waals surface area contributed by atoms with E-state index in [1.807, 2.05) is 12.1 Å². The summed E-state index contributed by atoms with van der Waals surface area (Å²) in [5, 5.41) is 12.0. The number of halogens is 1. The maximum Gasteiger partial charge on any atom is 0.279 e. The minimum Gasteiger partial charge on any atom is -0.372 e. The van der Waals surface area contributed by atoms with E-state index in [0.717, 1.165) is 5.56 Å². The second-order valence-corrected chi connectivity index (χ2v) is 6.44. The number of hydrogen-bond donors (Lipinski definition) is 3. The molecule has 3 aromatic carbocycles. The van der Waals surface area contributed by atoms with Crippen molar-refractivity contribution in [1.29, 1.82) is 0 Å². The van der Waals surface area contributed by atoms with Crippen molar-refractivity contribution in [2.45, 2.75) is 5.60 Å². The van der Waals surface area contributed by atoms with E-state index in [4.69, 9.17) is 11.6 Å². The third-order valence-electron chi connectivity index (χ3n) is 4.23. The Balaban J connectivity index is 1.84. The van der Waals surface area contributed by atoms with Gasteiger partial charge in [-0.2, -0.15) is 0 Å². The summed E-state index contributed by atoms with van der Waals surface area (Å²) in [4.78, 5) is 13.0. The molecule has 0 saturated carbocycles. The van der Waals surface area contributed by atoms with Gasteiger partial charge in [0, 0.05) is 5.02 Å². The zero-order valence-electron chi connectivity index (χ0n) is 14.5. The average molecular weight is 379 g/mol. The first-order chi connectivity index (χ1) is 13.0. The highest BCUT2D eigenvalue weighted by molar-refractivity contribution is 6.30. The topological polar surface area (TPSA) is 61.4 Å². The van der Waals surface area contributed by atoms with Crippen LogP contribution in [0.1, 0.15) is 16.7 Å². The first kappa shape index (κ1) is 18.7. The lowest BCUT2D eigenvalue weighted by Crippen LogP contribution is -2.49. The summed E-state index contributed by atoms with van der Waals surface area (Å²) in [6.45, 7) is 3.90. The largest absolute Gasteiger partial charge is 0.372 e. The Hall–Kier alpha value is -3.08. The number of aliphatic hydroxyl groups is 1. The third kappa shape index (κ3) is 4.03. The molecule has 0 spiro atoms. The molecular formula is C22H19ClN2O2. The Morgan fingerprint density at radius 2 is 1.30 bits per heavy atom. The molecule has 3 N–H and O–H groups in total. The van der Waals surface area contributed by atoms with Crippen LogP contribution >= 0.6 is 11.6 Å². The lowest BCUT2D eigenvalue weighted by molar-refractivity contribution is -0.137. The van der Waals surface area contributed by atoms with Crippen LogP contribution in [0.25, 0.3) is 5.70 Å².